The quantitative estimate of drug-likeness (QED) is 0.670. The molecule has 31 heavy (non-hydrogen) atoms. The number of methoxy groups -OCH3 is 1. The Bertz CT molecular complexity index is 1040. The van der Waals surface area contributed by atoms with E-state index in [1.807, 2.05) is 13.0 Å². The molecule has 0 bridgehead atoms. The predicted molar refractivity (Wildman–Crippen MR) is 122 cm³/mol. The first-order chi connectivity index (χ1) is 14.7. The molecule has 3 rings (SSSR count). The summed E-state index contributed by atoms with van der Waals surface area (Å²) in [7, 11) is -1.96. The zero-order chi connectivity index (χ0) is 22.6. The lowest BCUT2D eigenvalue weighted by atomic mass is 10.0. The maximum atomic E-state index is 12.9. The van der Waals surface area contributed by atoms with E-state index in [0.29, 0.717) is 25.3 Å². The smallest absolute Gasteiger partial charge is 0.243 e. The van der Waals surface area contributed by atoms with Crippen molar-refractivity contribution >= 4 is 15.9 Å². The summed E-state index contributed by atoms with van der Waals surface area (Å²) < 4.78 is 32.7. The molecule has 0 radical (unpaired) electrons. The highest BCUT2D eigenvalue weighted by Crippen LogP contribution is 2.27. The summed E-state index contributed by atoms with van der Waals surface area (Å²) in [4.78, 5) is 12.8. The molecule has 168 valence electrons. The third-order valence-electron chi connectivity index (χ3n) is 5.98. The molecule has 1 saturated heterocycles. The summed E-state index contributed by atoms with van der Waals surface area (Å²) in [6.45, 7) is 7.20. The first kappa shape index (κ1) is 23.3. The molecule has 0 spiro atoms. The number of sulfonamides is 1. The highest BCUT2D eigenvalue weighted by Gasteiger charge is 2.27. The molecule has 1 aliphatic rings. The fraction of sp³-hybridized carbons (Fsp3) is 0.458. The minimum Gasteiger partial charge on any atom is -0.496 e. The Labute approximate surface area is 185 Å². The van der Waals surface area contributed by atoms with E-state index in [9.17, 15) is 13.2 Å². The summed E-state index contributed by atoms with van der Waals surface area (Å²) in [5, 5.41) is 3.03. The molecule has 0 aliphatic carbocycles. The zero-order valence-electron chi connectivity index (χ0n) is 18.8. The van der Waals surface area contributed by atoms with E-state index in [2.05, 4.69) is 31.3 Å². The molecule has 0 saturated carbocycles. The number of aryl methyl sites for hydroxylation is 3. The fourth-order valence-electron chi connectivity index (χ4n) is 3.87. The second-order valence-electron chi connectivity index (χ2n) is 8.22. The minimum atomic E-state index is -3.51. The van der Waals surface area contributed by atoms with Gasteiger partial charge in [0.05, 0.1) is 18.0 Å². The zero-order valence-corrected chi connectivity index (χ0v) is 19.6. The van der Waals surface area contributed by atoms with Gasteiger partial charge in [-0.3, -0.25) is 4.79 Å². The molecular formula is C24H32N2O4S. The lowest BCUT2D eigenvalue weighted by Gasteiger charge is -2.18. The highest BCUT2D eigenvalue weighted by atomic mass is 32.2. The van der Waals surface area contributed by atoms with Gasteiger partial charge < -0.3 is 10.1 Å². The maximum absolute atomic E-state index is 12.9. The van der Waals surface area contributed by atoms with Crippen LogP contribution in [0.5, 0.6) is 5.75 Å². The van der Waals surface area contributed by atoms with E-state index in [4.69, 9.17) is 4.74 Å². The van der Waals surface area contributed by atoms with Crippen molar-refractivity contribution in [3.8, 4) is 5.75 Å². The Hall–Kier alpha value is -2.38. The van der Waals surface area contributed by atoms with E-state index < -0.39 is 10.0 Å². The van der Waals surface area contributed by atoms with E-state index in [0.717, 1.165) is 24.0 Å². The normalized spacial score (nSPS) is 15.6. The molecule has 7 heteroatoms. The summed E-state index contributed by atoms with van der Waals surface area (Å²) in [5.74, 6) is 0.510. The first-order valence-electron chi connectivity index (χ1n) is 10.8. The van der Waals surface area contributed by atoms with Crippen molar-refractivity contribution in [2.75, 3.05) is 20.2 Å². The van der Waals surface area contributed by atoms with Crippen LogP contribution in [0.25, 0.3) is 0 Å². The molecule has 0 aromatic heterocycles. The third kappa shape index (κ3) is 5.46. The van der Waals surface area contributed by atoms with Crippen LogP contribution in [0.15, 0.2) is 41.3 Å². The summed E-state index contributed by atoms with van der Waals surface area (Å²) in [6.07, 6.45) is 2.43. The number of carbonyl (C=O) groups excluding carboxylic acids is 1. The molecule has 1 heterocycles. The van der Waals surface area contributed by atoms with E-state index in [-0.39, 0.29) is 23.3 Å². The monoisotopic (exact) mass is 444 g/mol. The van der Waals surface area contributed by atoms with Crippen LogP contribution in [-0.4, -0.2) is 38.8 Å². The van der Waals surface area contributed by atoms with Crippen LogP contribution >= 0.6 is 0 Å². The molecule has 1 N–H and O–H groups in total. The van der Waals surface area contributed by atoms with Gasteiger partial charge in [0.2, 0.25) is 15.9 Å². The van der Waals surface area contributed by atoms with Crippen molar-refractivity contribution in [3.05, 3.63) is 58.7 Å². The molecular weight excluding hydrogens is 412 g/mol. The van der Waals surface area contributed by atoms with Gasteiger partial charge in [-0.15, -0.1) is 0 Å². The number of carbonyl (C=O) groups is 1. The largest absolute Gasteiger partial charge is 0.496 e. The van der Waals surface area contributed by atoms with Crippen LogP contribution < -0.4 is 10.1 Å². The van der Waals surface area contributed by atoms with Crippen molar-refractivity contribution < 1.29 is 17.9 Å². The van der Waals surface area contributed by atoms with Gasteiger partial charge in [-0.25, -0.2) is 8.42 Å². The summed E-state index contributed by atoms with van der Waals surface area (Å²) >= 11 is 0. The van der Waals surface area contributed by atoms with Crippen molar-refractivity contribution in [1.82, 2.24) is 9.62 Å². The number of hydrogen-bond donors (Lipinski definition) is 1. The molecule has 2 aromatic carbocycles. The Morgan fingerprint density at radius 1 is 1.10 bits per heavy atom. The molecule has 0 unspecified atom stereocenters. The van der Waals surface area contributed by atoms with Crippen LogP contribution in [-0.2, 0) is 21.2 Å². The first-order valence-corrected chi connectivity index (χ1v) is 12.2. The summed E-state index contributed by atoms with van der Waals surface area (Å²) in [5.41, 5.74) is 4.20. The molecule has 1 fully saturated rings. The van der Waals surface area contributed by atoms with Crippen molar-refractivity contribution in [2.24, 2.45) is 0 Å². The average Bonchev–Trinajstić information content (AvgIpc) is 3.29. The second kappa shape index (κ2) is 9.83. The van der Waals surface area contributed by atoms with Crippen LogP contribution in [0, 0.1) is 13.8 Å². The van der Waals surface area contributed by atoms with Gasteiger partial charge >= 0.3 is 0 Å². The number of nitrogens with one attached hydrogen (secondary N) is 1. The van der Waals surface area contributed by atoms with Gasteiger partial charge in [0.15, 0.2) is 0 Å². The maximum Gasteiger partial charge on any atom is 0.243 e. The Morgan fingerprint density at radius 2 is 1.81 bits per heavy atom. The number of ether oxygens (including phenoxy) is 1. The number of benzene rings is 2. The van der Waals surface area contributed by atoms with Gasteiger partial charge in [0, 0.05) is 19.5 Å². The number of nitrogens with zero attached hydrogens (tertiary/aromatic N) is 1. The topological polar surface area (TPSA) is 75.7 Å². The van der Waals surface area contributed by atoms with Gasteiger partial charge in [0.1, 0.15) is 5.75 Å². The Balaban J connectivity index is 1.68. The highest BCUT2D eigenvalue weighted by molar-refractivity contribution is 7.89. The molecule has 1 aliphatic heterocycles. The van der Waals surface area contributed by atoms with E-state index >= 15 is 0 Å². The lowest BCUT2D eigenvalue weighted by molar-refractivity contribution is -0.121. The van der Waals surface area contributed by atoms with E-state index in [1.54, 1.807) is 25.3 Å². The Morgan fingerprint density at radius 3 is 2.45 bits per heavy atom. The van der Waals surface area contributed by atoms with Crippen molar-refractivity contribution in [2.45, 2.75) is 57.4 Å². The van der Waals surface area contributed by atoms with Crippen LogP contribution in [0.2, 0.25) is 0 Å². The molecule has 2 aromatic rings. The SMILES string of the molecule is COc1ccc(S(=O)(=O)N2CCCC2)cc1CCC(=O)N[C@H](C)c1ccc(C)c(C)c1. The lowest BCUT2D eigenvalue weighted by Crippen LogP contribution is -2.28. The van der Waals surface area contributed by atoms with Crippen LogP contribution in [0.3, 0.4) is 0 Å². The number of hydrogen-bond acceptors (Lipinski definition) is 4. The Kier molecular flexibility index (Phi) is 7.38. The minimum absolute atomic E-state index is 0.0828. The van der Waals surface area contributed by atoms with E-state index in [1.165, 1.54) is 15.4 Å². The van der Waals surface area contributed by atoms with Gasteiger partial charge in [-0.05, 0) is 80.5 Å². The number of rotatable bonds is 8. The average molecular weight is 445 g/mol. The standard InChI is InChI=1S/C24H32N2O4S/c1-17-7-8-20(15-18(17)2)19(3)25-24(27)12-9-21-16-22(10-11-23(21)30-4)31(28,29)26-13-5-6-14-26/h7-8,10-11,15-16,19H,5-6,9,12-14H2,1-4H3,(H,25,27)/t19-/m1/s1. The molecule has 1 atom stereocenters. The van der Waals surface area contributed by atoms with Gasteiger partial charge in [-0.2, -0.15) is 4.31 Å². The molecule has 6 nitrogen and oxygen atoms in total. The predicted octanol–water partition coefficient (Wildman–Crippen LogP) is 3.91. The summed E-state index contributed by atoms with van der Waals surface area (Å²) in [6, 6.07) is 11.0. The van der Waals surface area contributed by atoms with Crippen molar-refractivity contribution in [3.63, 3.8) is 0 Å². The second-order valence-corrected chi connectivity index (χ2v) is 10.2. The van der Waals surface area contributed by atoms with Gasteiger partial charge in [0.25, 0.3) is 0 Å². The molecule has 1 amide bonds. The van der Waals surface area contributed by atoms with Crippen molar-refractivity contribution in [1.29, 1.82) is 0 Å². The third-order valence-corrected chi connectivity index (χ3v) is 7.88. The van der Waals surface area contributed by atoms with Crippen LogP contribution in [0.1, 0.15) is 54.5 Å². The van der Waals surface area contributed by atoms with Gasteiger partial charge in [-0.1, -0.05) is 18.2 Å². The number of amides is 1. The fourth-order valence-corrected chi connectivity index (χ4v) is 5.44. The van der Waals surface area contributed by atoms with Crippen LogP contribution in [0.4, 0.5) is 0 Å².